The second-order valence-corrected chi connectivity index (χ2v) is 9.06. The summed E-state index contributed by atoms with van der Waals surface area (Å²) in [6, 6.07) is 26.0. The van der Waals surface area contributed by atoms with Crippen LogP contribution in [0.15, 0.2) is 97.1 Å². The second kappa shape index (κ2) is 9.91. The Morgan fingerprint density at radius 3 is 2.08 bits per heavy atom. The number of amides is 1. The van der Waals surface area contributed by atoms with Crippen molar-refractivity contribution in [1.82, 2.24) is 0 Å². The molecule has 0 bridgehead atoms. The summed E-state index contributed by atoms with van der Waals surface area (Å²) in [7, 11) is 0. The highest BCUT2D eigenvalue weighted by atomic mass is 19.1. The fourth-order valence-corrected chi connectivity index (χ4v) is 4.88. The van der Waals surface area contributed by atoms with Gasteiger partial charge in [0.05, 0.1) is 18.1 Å². The zero-order chi connectivity index (χ0) is 25.2. The van der Waals surface area contributed by atoms with E-state index in [1.54, 1.807) is 47.4 Å². The highest BCUT2D eigenvalue weighted by molar-refractivity contribution is 6.03. The van der Waals surface area contributed by atoms with Crippen molar-refractivity contribution in [3.8, 4) is 16.9 Å². The molecule has 1 aliphatic rings. The Labute approximate surface area is 208 Å². The fourth-order valence-electron chi connectivity index (χ4n) is 4.88. The number of aliphatic hydroxyl groups excluding tert-OH is 1. The van der Waals surface area contributed by atoms with Crippen LogP contribution in [0.1, 0.15) is 36.1 Å². The Hall–Kier alpha value is -4.03. The minimum atomic E-state index is -0.822. The number of nitrogens with zero attached hydrogens (tertiary/aromatic N) is 1. The van der Waals surface area contributed by atoms with Gasteiger partial charge in [-0.05, 0) is 89.7 Å². The predicted molar refractivity (Wildman–Crippen MR) is 134 cm³/mol. The maximum atomic E-state index is 13.6. The van der Waals surface area contributed by atoms with Crippen molar-refractivity contribution in [2.45, 2.75) is 25.0 Å². The van der Waals surface area contributed by atoms with Gasteiger partial charge in [0.1, 0.15) is 17.4 Å². The molecule has 4 aromatic rings. The van der Waals surface area contributed by atoms with Crippen LogP contribution >= 0.6 is 0 Å². The number of aromatic hydroxyl groups is 1. The summed E-state index contributed by atoms with van der Waals surface area (Å²) in [6.45, 7) is 0. The van der Waals surface area contributed by atoms with Gasteiger partial charge in [-0.3, -0.25) is 4.79 Å². The van der Waals surface area contributed by atoms with Crippen molar-refractivity contribution >= 4 is 11.6 Å². The van der Waals surface area contributed by atoms with Crippen molar-refractivity contribution in [1.29, 1.82) is 0 Å². The van der Waals surface area contributed by atoms with Crippen LogP contribution in [0, 0.1) is 17.6 Å². The number of phenolic OH excluding ortho intramolecular Hbond substituents is 1. The molecule has 1 amide bonds. The molecular formula is C30H25F2NO3. The summed E-state index contributed by atoms with van der Waals surface area (Å²) < 4.78 is 26.8. The first-order chi connectivity index (χ1) is 17.4. The van der Waals surface area contributed by atoms with E-state index in [0.29, 0.717) is 24.1 Å². The summed E-state index contributed by atoms with van der Waals surface area (Å²) in [5, 5.41) is 20.5. The number of hydrogen-bond donors (Lipinski definition) is 2. The number of anilines is 1. The van der Waals surface area contributed by atoms with Crippen LogP contribution in [-0.4, -0.2) is 16.1 Å². The van der Waals surface area contributed by atoms with E-state index in [4.69, 9.17) is 0 Å². The van der Waals surface area contributed by atoms with Gasteiger partial charge in [-0.25, -0.2) is 8.78 Å². The quantitative estimate of drug-likeness (QED) is 0.292. The van der Waals surface area contributed by atoms with E-state index in [9.17, 15) is 23.8 Å². The molecule has 4 nitrogen and oxygen atoms in total. The number of benzene rings is 4. The number of hydrogen-bond acceptors (Lipinski definition) is 3. The van der Waals surface area contributed by atoms with Crippen LogP contribution < -0.4 is 4.90 Å². The molecule has 2 unspecified atom stereocenters. The van der Waals surface area contributed by atoms with E-state index in [2.05, 4.69) is 0 Å². The average molecular weight is 486 g/mol. The predicted octanol–water partition coefficient (Wildman–Crippen LogP) is 6.56. The van der Waals surface area contributed by atoms with Gasteiger partial charge in [0.2, 0.25) is 5.91 Å². The summed E-state index contributed by atoms with van der Waals surface area (Å²) in [5.41, 5.74) is 3.84. The Morgan fingerprint density at radius 2 is 1.42 bits per heavy atom. The van der Waals surface area contributed by atoms with Gasteiger partial charge in [0.25, 0.3) is 0 Å². The SMILES string of the molecule is O=C1C(CC[C@H](O)c2ccc(F)cc2)C(c2cccc(-c3cccc(O)c3)c2)N1c1ccc(F)cc1. The Kier molecular flexibility index (Phi) is 6.53. The molecule has 2 N–H and O–H groups in total. The van der Waals surface area contributed by atoms with Crippen LogP contribution in [0.2, 0.25) is 0 Å². The molecule has 0 saturated carbocycles. The molecule has 1 saturated heterocycles. The highest BCUT2D eigenvalue weighted by Gasteiger charge is 2.48. The van der Waals surface area contributed by atoms with Gasteiger partial charge in [0, 0.05) is 5.69 Å². The molecule has 5 rings (SSSR count). The lowest BCUT2D eigenvalue weighted by molar-refractivity contribution is -0.131. The summed E-state index contributed by atoms with van der Waals surface area (Å²) in [4.78, 5) is 15.0. The number of aliphatic hydroxyl groups is 1. The minimum Gasteiger partial charge on any atom is -0.508 e. The van der Waals surface area contributed by atoms with Crippen LogP contribution in [0.5, 0.6) is 5.75 Å². The van der Waals surface area contributed by atoms with Crippen molar-refractivity contribution in [2.75, 3.05) is 4.90 Å². The maximum absolute atomic E-state index is 13.6. The molecule has 0 aliphatic carbocycles. The van der Waals surface area contributed by atoms with Gasteiger partial charge >= 0.3 is 0 Å². The number of carbonyl (C=O) groups excluding carboxylic acids is 1. The number of rotatable bonds is 7. The van der Waals surface area contributed by atoms with Gasteiger partial charge in [-0.2, -0.15) is 0 Å². The van der Waals surface area contributed by atoms with E-state index >= 15 is 0 Å². The van der Waals surface area contributed by atoms with Crippen molar-refractivity contribution in [3.05, 3.63) is 120 Å². The molecule has 1 fully saturated rings. The molecule has 0 radical (unpaired) electrons. The lowest BCUT2D eigenvalue weighted by Crippen LogP contribution is -2.55. The maximum Gasteiger partial charge on any atom is 0.233 e. The first kappa shape index (κ1) is 23.7. The van der Waals surface area contributed by atoms with Gasteiger partial charge in [0.15, 0.2) is 0 Å². The zero-order valence-corrected chi connectivity index (χ0v) is 19.4. The zero-order valence-electron chi connectivity index (χ0n) is 19.4. The molecule has 36 heavy (non-hydrogen) atoms. The number of β-lactam (4-membered cyclic amide) rings is 1. The standard InChI is InChI=1S/C30H25F2NO3/c31-23-9-7-19(8-10-23)28(35)16-15-27-29(33(30(27)36)25-13-11-24(32)12-14-25)22-5-1-3-20(17-22)21-4-2-6-26(34)18-21/h1-14,17-18,27-29,34-35H,15-16H2/t27?,28-,29?/m0/s1. The van der Waals surface area contributed by atoms with Gasteiger partial charge in [-0.15, -0.1) is 0 Å². The van der Waals surface area contributed by atoms with Gasteiger partial charge < -0.3 is 15.1 Å². The normalized spacial score (nSPS) is 18.1. The van der Waals surface area contributed by atoms with Crippen molar-refractivity contribution in [3.63, 3.8) is 0 Å². The van der Waals surface area contributed by atoms with Crippen molar-refractivity contribution in [2.24, 2.45) is 5.92 Å². The summed E-state index contributed by atoms with van der Waals surface area (Å²) >= 11 is 0. The van der Waals surface area contributed by atoms with Crippen LogP contribution in [0.25, 0.3) is 11.1 Å². The van der Waals surface area contributed by atoms with Crippen molar-refractivity contribution < 1.29 is 23.8 Å². The molecule has 0 aromatic heterocycles. The average Bonchev–Trinajstić information content (AvgIpc) is 2.88. The molecule has 1 heterocycles. The van der Waals surface area contributed by atoms with E-state index in [1.807, 2.05) is 30.3 Å². The van der Waals surface area contributed by atoms with Crippen LogP contribution in [0.3, 0.4) is 0 Å². The summed E-state index contributed by atoms with van der Waals surface area (Å²) in [5.74, 6) is -1.07. The lowest BCUT2D eigenvalue weighted by Gasteiger charge is -2.48. The van der Waals surface area contributed by atoms with E-state index in [1.165, 1.54) is 24.3 Å². The Bertz CT molecular complexity index is 1370. The van der Waals surface area contributed by atoms with E-state index < -0.39 is 6.10 Å². The van der Waals surface area contributed by atoms with Crippen LogP contribution in [0.4, 0.5) is 14.5 Å². The van der Waals surface area contributed by atoms with E-state index in [0.717, 1.165) is 16.7 Å². The molecule has 4 aromatic carbocycles. The Balaban J connectivity index is 1.44. The van der Waals surface area contributed by atoms with E-state index in [-0.39, 0.29) is 35.3 Å². The molecule has 0 spiro atoms. The molecular weight excluding hydrogens is 460 g/mol. The number of carbonyl (C=O) groups is 1. The first-order valence-corrected chi connectivity index (χ1v) is 11.8. The number of halogens is 2. The molecule has 6 heteroatoms. The third-order valence-electron chi connectivity index (χ3n) is 6.73. The topological polar surface area (TPSA) is 60.8 Å². The first-order valence-electron chi connectivity index (χ1n) is 11.8. The largest absolute Gasteiger partial charge is 0.508 e. The second-order valence-electron chi connectivity index (χ2n) is 9.06. The number of phenols is 1. The summed E-state index contributed by atoms with van der Waals surface area (Å²) in [6.07, 6.45) is -0.0597. The lowest BCUT2D eigenvalue weighted by atomic mass is 9.77. The van der Waals surface area contributed by atoms with Crippen LogP contribution in [-0.2, 0) is 4.79 Å². The molecule has 3 atom stereocenters. The third-order valence-corrected chi connectivity index (χ3v) is 6.73. The monoisotopic (exact) mass is 485 g/mol. The molecule has 1 aliphatic heterocycles. The Morgan fingerprint density at radius 1 is 0.806 bits per heavy atom. The third kappa shape index (κ3) is 4.72. The minimum absolute atomic E-state index is 0.0966. The highest BCUT2D eigenvalue weighted by Crippen LogP contribution is 2.47. The fraction of sp³-hybridized carbons (Fsp3) is 0.167. The smallest absolute Gasteiger partial charge is 0.233 e. The molecule has 182 valence electrons. The van der Waals surface area contributed by atoms with Gasteiger partial charge in [-0.1, -0.05) is 42.5 Å².